The maximum absolute atomic E-state index is 13.9. The Hall–Kier alpha value is -2.72. The molecule has 130 valence electrons. The summed E-state index contributed by atoms with van der Waals surface area (Å²) in [7, 11) is 0. The summed E-state index contributed by atoms with van der Waals surface area (Å²) in [6, 6.07) is 4.67. The van der Waals surface area contributed by atoms with Crippen LogP contribution in [0.2, 0.25) is 0 Å². The summed E-state index contributed by atoms with van der Waals surface area (Å²) >= 11 is 0. The van der Waals surface area contributed by atoms with Crippen molar-refractivity contribution >= 4 is 0 Å². The largest absolute Gasteiger partial charge is 0.467 e. The van der Waals surface area contributed by atoms with E-state index >= 15 is 0 Å². The molecule has 0 saturated carbocycles. The summed E-state index contributed by atoms with van der Waals surface area (Å²) in [6.07, 6.45) is 1.16. The molecule has 0 aliphatic carbocycles. The average Bonchev–Trinajstić information content (AvgIpc) is 2.62. The van der Waals surface area contributed by atoms with Crippen molar-refractivity contribution in [3.05, 3.63) is 56.3 Å². The first-order valence-corrected chi connectivity index (χ1v) is 8.13. The molecule has 1 aliphatic heterocycles. The molecule has 3 rings (SSSR count). The molecule has 0 saturated heterocycles. The number of fused-ring (bicyclic) bond motifs is 1. The highest BCUT2D eigenvalue weighted by Gasteiger charge is 2.20. The molecule has 0 amide bonds. The second-order valence-corrected chi connectivity index (χ2v) is 5.75. The van der Waals surface area contributed by atoms with Crippen molar-refractivity contribution in [1.29, 1.82) is 5.26 Å². The minimum absolute atomic E-state index is 0.0323. The molecule has 1 aromatic heterocycles. The van der Waals surface area contributed by atoms with Gasteiger partial charge in [0.15, 0.2) is 6.79 Å². The number of rotatable bonds is 4. The molecule has 0 N–H and O–H groups in total. The molecule has 0 spiro atoms. The molecule has 0 unspecified atom stereocenters. The molecule has 0 bridgehead atoms. The van der Waals surface area contributed by atoms with Crippen LogP contribution in [0.25, 0.3) is 0 Å². The Morgan fingerprint density at radius 3 is 2.84 bits per heavy atom. The Labute approximate surface area is 144 Å². The van der Waals surface area contributed by atoms with E-state index in [1.807, 2.05) is 19.9 Å². The van der Waals surface area contributed by atoms with E-state index in [9.17, 15) is 14.4 Å². The first-order valence-electron chi connectivity index (χ1n) is 8.13. The van der Waals surface area contributed by atoms with E-state index in [1.54, 1.807) is 0 Å². The van der Waals surface area contributed by atoms with Crippen LogP contribution in [-0.4, -0.2) is 16.6 Å². The van der Waals surface area contributed by atoms with Crippen LogP contribution in [-0.2, 0) is 30.7 Å². The van der Waals surface area contributed by atoms with E-state index in [1.165, 1.54) is 16.8 Å². The van der Waals surface area contributed by atoms with Gasteiger partial charge in [-0.2, -0.15) is 10.4 Å². The SMILES string of the molecule is CCc1nn(Cc2cc(F)cc3c2OCOC3)c(=O)c(C#N)c1CC. The summed E-state index contributed by atoms with van der Waals surface area (Å²) in [5.41, 5.74) is 2.11. The van der Waals surface area contributed by atoms with E-state index in [0.29, 0.717) is 41.0 Å². The lowest BCUT2D eigenvalue weighted by molar-refractivity contribution is -0.0173. The fourth-order valence-electron chi connectivity index (χ4n) is 3.08. The minimum atomic E-state index is -0.471. The summed E-state index contributed by atoms with van der Waals surface area (Å²) in [5, 5.41) is 13.8. The molecule has 0 fully saturated rings. The Balaban J connectivity index is 2.12. The van der Waals surface area contributed by atoms with E-state index in [0.717, 1.165) is 0 Å². The van der Waals surface area contributed by atoms with Gasteiger partial charge in [0.1, 0.15) is 23.2 Å². The third-order valence-corrected chi connectivity index (χ3v) is 4.21. The van der Waals surface area contributed by atoms with Crippen LogP contribution in [0.15, 0.2) is 16.9 Å². The minimum Gasteiger partial charge on any atom is -0.467 e. The van der Waals surface area contributed by atoms with Gasteiger partial charge in [-0.1, -0.05) is 13.8 Å². The monoisotopic (exact) mass is 343 g/mol. The van der Waals surface area contributed by atoms with E-state index in [4.69, 9.17) is 9.47 Å². The molecule has 6 nitrogen and oxygen atoms in total. The third kappa shape index (κ3) is 3.13. The van der Waals surface area contributed by atoms with Gasteiger partial charge < -0.3 is 9.47 Å². The molecule has 1 aromatic carbocycles. The number of hydrogen-bond donors (Lipinski definition) is 0. The highest BCUT2D eigenvalue weighted by Crippen LogP contribution is 2.29. The van der Waals surface area contributed by atoms with Crippen LogP contribution >= 0.6 is 0 Å². The number of aromatic nitrogens is 2. The Morgan fingerprint density at radius 1 is 1.36 bits per heavy atom. The van der Waals surface area contributed by atoms with Crippen molar-refractivity contribution in [3.8, 4) is 11.8 Å². The van der Waals surface area contributed by atoms with Crippen molar-refractivity contribution < 1.29 is 13.9 Å². The molecule has 7 heteroatoms. The molecular formula is C18H18FN3O3. The summed E-state index contributed by atoms with van der Waals surface area (Å²) in [4.78, 5) is 12.6. The number of hydrogen-bond acceptors (Lipinski definition) is 5. The Kier molecular flexibility index (Phi) is 4.81. The second-order valence-electron chi connectivity index (χ2n) is 5.75. The number of ether oxygens (including phenoxy) is 2. The zero-order chi connectivity index (χ0) is 18.0. The highest BCUT2D eigenvalue weighted by molar-refractivity contribution is 5.43. The van der Waals surface area contributed by atoms with E-state index in [-0.39, 0.29) is 25.5 Å². The molecule has 1 aliphatic rings. The van der Waals surface area contributed by atoms with Gasteiger partial charge >= 0.3 is 0 Å². The van der Waals surface area contributed by atoms with Gasteiger partial charge in [0, 0.05) is 11.1 Å². The van der Waals surface area contributed by atoms with Gasteiger partial charge in [0.25, 0.3) is 5.56 Å². The summed E-state index contributed by atoms with van der Waals surface area (Å²) in [5.74, 6) is 0.0785. The van der Waals surface area contributed by atoms with Crippen molar-refractivity contribution in [1.82, 2.24) is 9.78 Å². The van der Waals surface area contributed by atoms with Crippen LogP contribution in [0.4, 0.5) is 4.39 Å². The lowest BCUT2D eigenvalue weighted by Crippen LogP contribution is -2.29. The predicted molar refractivity (Wildman–Crippen MR) is 87.8 cm³/mol. The van der Waals surface area contributed by atoms with Crippen LogP contribution in [0, 0.1) is 17.1 Å². The molecule has 2 aromatic rings. The quantitative estimate of drug-likeness (QED) is 0.851. The first kappa shape index (κ1) is 17.1. The second kappa shape index (κ2) is 7.03. The Bertz CT molecular complexity index is 915. The maximum Gasteiger partial charge on any atom is 0.285 e. The van der Waals surface area contributed by atoms with Crippen LogP contribution in [0.3, 0.4) is 0 Å². The van der Waals surface area contributed by atoms with E-state index in [2.05, 4.69) is 5.10 Å². The summed E-state index contributed by atoms with van der Waals surface area (Å²) < 4.78 is 25.8. The first-order chi connectivity index (χ1) is 12.1. The van der Waals surface area contributed by atoms with Gasteiger partial charge in [-0.15, -0.1) is 0 Å². The van der Waals surface area contributed by atoms with E-state index < -0.39 is 11.4 Å². The highest BCUT2D eigenvalue weighted by atomic mass is 19.1. The number of nitrogens with zero attached hydrogens (tertiary/aromatic N) is 3. The van der Waals surface area contributed by atoms with Gasteiger partial charge in [-0.3, -0.25) is 4.79 Å². The topological polar surface area (TPSA) is 77.1 Å². The molecule has 0 atom stereocenters. The van der Waals surface area contributed by atoms with Gasteiger partial charge in [-0.25, -0.2) is 9.07 Å². The lowest BCUT2D eigenvalue weighted by Gasteiger charge is -2.21. The molecule has 0 radical (unpaired) electrons. The fourth-order valence-corrected chi connectivity index (χ4v) is 3.08. The molecule has 2 heterocycles. The van der Waals surface area contributed by atoms with Gasteiger partial charge in [0.2, 0.25) is 0 Å². The van der Waals surface area contributed by atoms with Gasteiger partial charge in [-0.05, 0) is 30.5 Å². The zero-order valence-corrected chi connectivity index (χ0v) is 14.1. The fraction of sp³-hybridized carbons (Fsp3) is 0.389. The lowest BCUT2D eigenvalue weighted by atomic mass is 10.0. The number of halogens is 1. The normalized spacial score (nSPS) is 13.0. The number of aryl methyl sites for hydroxylation is 1. The van der Waals surface area contributed by atoms with Crippen LogP contribution in [0.1, 0.15) is 41.8 Å². The zero-order valence-electron chi connectivity index (χ0n) is 14.1. The van der Waals surface area contributed by atoms with Crippen molar-refractivity contribution in [2.24, 2.45) is 0 Å². The number of nitriles is 1. The van der Waals surface area contributed by atoms with Crippen molar-refractivity contribution in [2.45, 2.75) is 39.8 Å². The molecular weight excluding hydrogens is 325 g/mol. The Morgan fingerprint density at radius 2 is 2.16 bits per heavy atom. The van der Waals surface area contributed by atoms with Crippen molar-refractivity contribution in [2.75, 3.05) is 6.79 Å². The van der Waals surface area contributed by atoms with Crippen LogP contribution < -0.4 is 10.3 Å². The maximum atomic E-state index is 13.9. The van der Waals surface area contributed by atoms with Gasteiger partial charge in [0.05, 0.1) is 18.8 Å². The molecule has 25 heavy (non-hydrogen) atoms. The smallest absolute Gasteiger partial charge is 0.285 e. The number of benzene rings is 1. The third-order valence-electron chi connectivity index (χ3n) is 4.21. The van der Waals surface area contributed by atoms with Crippen LogP contribution in [0.5, 0.6) is 5.75 Å². The predicted octanol–water partition coefficient (Wildman–Crippen LogP) is 2.29. The average molecular weight is 343 g/mol. The summed E-state index contributed by atoms with van der Waals surface area (Å²) in [6.45, 7) is 4.16. The standard InChI is InChI=1S/C18H18FN3O3/c1-3-14-15(7-20)18(23)22(21-16(14)4-2)8-11-5-13(19)6-12-9-24-10-25-17(11)12/h5-6H,3-4,8-10H2,1-2H3. The van der Waals surface area contributed by atoms with Crippen molar-refractivity contribution in [3.63, 3.8) is 0 Å².